The number of fused-ring (bicyclic) bond motifs is 1. The minimum absolute atomic E-state index is 0.155. The fourth-order valence-corrected chi connectivity index (χ4v) is 4.47. The number of carbonyl (C=O) groups excluding carboxylic acids is 1. The highest BCUT2D eigenvalue weighted by Crippen LogP contribution is 2.27. The van der Waals surface area contributed by atoms with E-state index in [1.807, 2.05) is 58.8 Å². The first kappa shape index (κ1) is 21.4. The Labute approximate surface area is 197 Å². The molecule has 0 spiro atoms. The van der Waals surface area contributed by atoms with E-state index in [1.54, 1.807) is 12.4 Å². The maximum Gasteiger partial charge on any atom is 0.272 e. The van der Waals surface area contributed by atoms with E-state index in [1.165, 1.54) is 0 Å². The third kappa shape index (κ3) is 4.41. The van der Waals surface area contributed by atoms with Gasteiger partial charge in [0.25, 0.3) is 5.91 Å². The number of nitrogens with one attached hydrogen (secondary N) is 1. The van der Waals surface area contributed by atoms with Crippen molar-refractivity contribution in [3.05, 3.63) is 88.4 Å². The van der Waals surface area contributed by atoms with Crippen LogP contribution in [0.1, 0.15) is 52.4 Å². The highest BCUT2D eigenvalue weighted by atomic mass is 35.5. The minimum Gasteiger partial charge on any atom is -0.347 e. The number of benzene rings is 1. The van der Waals surface area contributed by atoms with Gasteiger partial charge in [0.15, 0.2) is 5.69 Å². The standard InChI is InChI=1S/C25H25ClN6O/c1-17-27-13-14-31(17)23-15-18(11-12-28-23)16-29-25(33)24-21-5-3-2-4-6-22(21)32(30-24)20-9-7-19(26)8-10-20/h7-15H,2-6,16H2,1H3,(H,29,33). The van der Waals surface area contributed by atoms with Crippen molar-refractivity contribution in [2.24, 2.45) is 0 Å². The summed E-state index contributed by atoms with van der Waals surface area (Å²) in [5.74, 6) is 1.48. The molecule has 3 heterocycles. The van der Waals surface area contributed by atoms with Gasteiger partial charge >= 0.3 is 0 Å². The van der Waals surface area contributed by atoms with E-state index in [4.69, 9.17) is 16.7 Å². The molecule has 1 aliphatic carbocycles. The Morgan fingerprint density at radius 3 is 2.67 bits per heavy atom. The van der Waals surface area contributed by atoms with Gasteiger partial charge in [-0.05, 0) is 74.6 Å². The molecule has 0 radical (unpaired) electrons. The van der Waals surface area contributed by atoms with Gasteiger partial charge in [-0.15, -0.1) is 0 Å². The maximum absolute atomic E-state index is 13.2. The quantitative estimate of drug-likeness (QED) is 0.441. The van der Waals surface area contributed by atoms with Crippen LogP contribution >= 0.6 is 11.6 Å². The van der Waals surface area contributed by atoms with Crippen molar-refractivity contribution >= 4 is 17.5 Å². The van der Waals surface area contributed by atoms with Crippen molar-refractivity contribution < 1.29 is 4.79 Å². The van der Waals surface area contributed by atoms with E-state index in [-0.39, 0.29) is 5.91 Å². The number of amides is 1. The third-order valence-corrected chi connectivity index (χ3v) is 6.30. The van der Waals surface area contributed by atoms with Crippen LogP contribution in [0.2, 0.25) is 5.02 Å². The summed E-state index contributed by atoms with van der Waals surface area (Å²) in [5, 5.41) is 8.49. The number of aryl methyl sites for hydroxylation is 1. The van der Waals surface area contributed by atoms with Gasteiger partial charge in [0, 0.05) is 41.4 Å². The summed E-state index contributed by atoms with van der Waals surface area (Å²) in [7, 11) is 0. The summed E-state index contributed by atoms with van der Waals surface area (Å²) in [4.78, 5) is 21.9. The Morgan fingerprint density at radius 1 is 1.06 bits per heavy atom. The fraction of sp³-hybridized carbons (Fsp3) is 0.280. The number of halogens is 1. The van der Waals surface area contributed by atoms with Gasteiger partial charge in [0.05, 0.1) is 5.69 Å². The van der Waals surface area contributed by atoms with Gasteiger partial charge in [-0.25, -0.2) is 14.6 Å². The van der Waals surface area contributed by atoms with Gasteiger partial charge in [0.1, 0.15) is 11.6 Å². The monoisotopic (exact) mass is 460 g/mol. The topological polar surface area (TPSA) is 77.6 Å². The summed E-state index contributed by atoms with van der Waals surface area (Å²) in [5.41, 5.74) is 4.59. The van der Waals surface area contributed by atoms with E-state index >= 15 is 0 Å². The Kier molecular flexibility index (Phi) is 5.96. The SMILES string of the molecule is Cc1nccn1-c1cc(CNC(=O)c2nn(-c3ccc(Cl)cc3)c3c2CCCCC3)ccn1. The number of imidazole rings is 1. The number of hydrogen-bond acceptors (Lipinski definition) is 4. The van der Waals surface area contributed by atoms with Gasteiger partial charge in [-0.2, -0.15) is 5.10 Å². The number of pyridine rings is 1. The molecular weight excluding hydrogens is 436 g/mol. The lowest BCUT2D eigenvalue weighted by Gasteiger charge is -2.08. The largest absolute Gasteiger partial charge is 0.347 e. The molecular formula is C25H25ClN6O. The van der Waals surface area contributed by atoms with Crippen LogP contribution in [0.3, 0.4) is 0 Å². The molecule has 1 N–H and O–H groups in total. The second-order valence-electron chi connectivity index (χ2n) is 8.27. The van der Waals surface area contributed by atoms with Crippen LogP contribution in [0.5, 0.6) is 0 Å². The predicted octanol–water partition coefficient (Wildman–Crippen LogP) is 4.61. The van der Waals surface area contributed by atoms with Crippen LogP contribution < -0.4 is 5.32 Å². The molecule has 1 aromatic carbocycles. The first-order chi connectivity index (χ1) is 16.1. The van der Waals surface area contributed by atoms with Crippen molar-refractivity contribution in [2.45, 2.75) is 45.6 Å². The number of carbonyl (C=O) groups is 1. The van der Waals surface area contributed by atoms with Gasteiger partial charge in [0.2, 0.25) is 0 Å². The molecule has 1 aliphatic rings. The van der Waals surface area contributed by atoms with Crippen molar-refractivity contribution in [2.75, 3.05) is 0 Å². The normalized spacial score (nSPS) is 13.4. The van der Waals surface area contributed by atoms with E-state index < -0.39 is 0 Å². The highest BCUT2D eigenvalue weighted by Gasteiger charge is 2.24. The maximum atomic E-state index is 13.2. The summed E-state index contributed by atoms with van der Waals surface area (Å²) in [6, 6.07) is 11.5. The summed E-state index contributed by atoms with van der Waals surface area (Å²) in [6.07, 6.45) is 10.5. The fourth-order valence-electron chi connectivity index (χ4n) is 4.34. The number of nitrogens with zero attached hydrogens (tertiary/aromatic N) is 5. The number of aromatic nitrogens is 5. The lowest BCUT2D eigenvalue weighted by atomic mass is 10.1. The van der Waals surface area contributed by atoms with Crippen molar-refractivity contribution in [1.82, 2.24) is 29.6 Å². The molecule has 0 aliphatic heterocycles. The Balaban J connectivity index is 1.40. The number of rotatable bonds is 5. The van der Waals surface area contributed by atoms with Crippen LogP contribution in [0.15, 0.2) is 55.0 Å². The van der Waals surface area contributed by atoms with Crippen molar-refractivity contribution in [3.63, 3.8) is 0 Å². The van der Waals surface area contributed by atoms with E-state index in [0.717, 1.165) is 66.3 Å². The molecule has 0 unspecified atom stereocenters. The zero-order valence-electron chi connectivity index (χ0n) is 18.5. The van der Waals surface area contributed by atoms with Crippen LogP contribution in [-0.4, -0.2) is 30.2 Å². The molecule has 4 aromatic rings. The summed E-state index contributed by atoms with van der Waals surface area (Å²) < 4.78 is 3.83. The number of hydrogen-bond donors (Lipinski definition) is 1. The third-order valence-electron chi connectivity index (χ3n) is 6.05. The van der Waals surface area contributed by atoms with Crippen LogP contribution in [0.4, 0.5) is 0 Å². The molecule has 8 heteroatoms. The zero-order chi connectivity index (χ0) is 22.8. The lowest BCUT2D eigenvalue weighted by Crippen LogP contribution is -2.24. The van der Waals surface area contributed by atoms with Crippen LogP contribution in [-0.2, 0) is 19.4 Å². The lowest BCUT2D eigenvalue weighted by molar-refractivity contribution is 0.0944. The predicted molar refractivity (Wildman–Crippen MR) is 127 cm³/mol. The summed E-state index contributed by atoms with van der Waals surface area (Å²) >= 11 is 6.07. The zero-order valence-corrected chi connectivity index (χ0v) is 19.2. The molecule has 168 valence electrons. The first-order valence-corrected chi connectivity index (χ1v) is 11.6. The molecule has 5 rings (SSSR count). The Hall–Kier alpha value is -3.45. The smallest absolute Gasteiger partial charge is 0.272 e. The average Bonchev–Trinajstić information content (AvgIpc) is 3.33. The van der Waals surface area contributed by atoms with E-state index in [2.05, 4.69) is 15.3 Å². The Morgan fingerprint density at radius 2 is 1.88 bits per heavy atom. The second-order valence-corrected chi connectivity index (χ2v) is 8.71. The van der Waals surface area contributed by atoms with Crippen LogP contribution in [0.25, 0.3) is 11.5 Å². The Bertz CT molecular complexity index is 1290. The van der Waals surface area contributed by atoms with Gasteiger partial charge in [-0.1, -0.05) is 18.0 Å². The highest BCUT2D eigenvalue weighted by molar-refractivity contribution is 6.30. The van der Waals surface area contributed by atoms with Crippen molar-refractivity contribution in [3.8, 4) is 11.5 Å². The van der Waals surface area contributed by atoms with E-state index in [9.17, 15) is 4.79 Å². The summed E-state index contributed by atoms with van der Waals surface area (Å²) in [6.45, 7) is 2.32. The molecule has 33 heavy (non-hydrogen) atoms. The molecule has 0 saturated heterocycles. The minimum atomic E-state index is -0.155. The molecule has 0 saturated carbocycles. The van der Waals surface area contributed by atoms with Gasteiger partial charge in [-0.3, -0.25) is 9.36 Å². The first-order valence-electron chi connectivity index (χ1n) is 11.2. The molecule has 0 fully saturated rings. The molecule has 3 aromatic heterocycles. The average molecular weight is 461 g/mol. The van der Waals surface area contributed by atoms with Gasteiger partial charge < -0.3 is 5.32 Å². The van der Waals surface area contributed by atoms with Crippen molar-refractivity contribution in [1.29, 1.82) is 0 Å². The molecule has 0 atom stereocenters. The van der Waals surface area contributed by atoms with E-state index in [0.29, 0.717) is 17.3 Å². The molecule has 1 amide bonds. The molecule has 0 bridgehead atoms. The molecule has 7 nitrogen and oxygen atoms in total. The second kappa shape index (κ2) is 9.19. The van der Waals surface area contributed by atoms with Crippen LogP contribution in [0, 0.1) is 6.92 Å².